The van der Waals surface area contributed by atoms with Crippen molar-refractivity contribution < 1.29 is 4.42 Å². The summed E-state index contributed by atoms with van der Waals surface area (Å²) < 4.78 is 9.95. The highest BCUT2D eigenvalue weighted by molar-refractivity contribution is 6.90. The largest absolute Gasteiger partial charge is 0.455 e. The molecule has 0 saturated heterocycles. The third-order valence-electron chi connectivity index (χ3n) is 15.5. The summed E-state index contributed by atoms with van der Waals surface area (Å²) >= 11 is 0. The van der Waals surface area contributed by atoms with Gasteiger partial charge in [0.15, 0.2) is 0 Å². The zero-order valence-corrected chi connectivity index (χ0v) is 40.2. The summed E-state index contributed by atoms with van der Waals surface area (Å²) in [5, 5.41) is 9.87. The second-order valence-corrected chi connectivity index (χ2v) is 21.8. The van der Waals surface area contributed by atoms with Crippen LogP contribution in [0.2, 0.25) is 0 Å². The summed E-state index contributed by atoms with van der Waals surface area (Å²) in [5.74, 6) is 0. The molecule has 2 aromatic heterocycles. The van der Waals surface area contributed by atoms with Crippen LogP contribution >= 0.6 is 0 Å². The minimum absolute atomic E-state index is 0.0204. The van der Waals surface area contributed by atoms with Gasteiger partial charge in [-0.2, -0.15) is 0 Å². The van der Waals surface area contributed by atoms with Crippen molar-refractivity contribution in [1.82, 2.24) is 4.48 Å². The van der Waals surface area contributed by atoms with Crippen molar-refractivity contribution in [3.05, 3.63) is 199 Å². The summed E-state index contributed by atoms with van der Waals surface area (Å²) in [5.41, 5.74) is 21.4. The molecule has 10 aromatic carbocycles. The average Bonchev–Trinajstić information content (AvgIpc) is 3.90. The average molecular weight is 887 g/mol. The maximum atomic E-state index is 7.23. The maximum absolute atomic E-state index is 7.23. The molecule has 330 valence electrons. The molecular weight excluding hydrogens is 836 g/mol. The number of hydrogen-bond donors (Lipinski definition) is 0. The molecule has 3 nitrogen and oxygen atoms in total. The predicted molar refractivity (Wildman–Crippen MR) is 295 cm³/mol. The minimum atomic E-state index is -0.159. The van der Waals surface area contributed by atoms with E-state index in [1.807, 2.05) is 0 Å². The van der Waals surface area contributed by atoms with Gasteiger partial charge in [-0.3, -0.25) is 0 Å². The van der Waals surface area contributed by atoms with Crippen molar-refractivity contribution in [2.45, 2.75) is 59.3 Å². The highest BCUT2D eigenvalue weighted by atomic mass is 16.3. The quantitative estimate of drug-likeness (QED) is 0.130. The molecule has 0 spiro atoms. The Bertz CT molecular complexity index is 4100. The molecule has 0 unspecified atom stereocenters. The van der Waals surface area contributed by atoms with E-state index >= 15 is 0 Å². The summed E-state index contributed by atoms with van der Waals surface area (Å²) in [7, 11) is 0. The van der Waals surface area contributed by atoms with Gasteiger partial charge in [0.2, 0.25) is 0 Å². The van der Waals surface area contributed by atoms with Crippen molar-refractivity contribution in [1.29, 1.82) is 0 Å². The number of anilines is 3. The Hall–Kier alpha value is -7.82. The smallest absolute Gasteiger partial charge is 0.333 e. The summed E-state index contributed by atoms with van der Waals surface area (Å²) in [6.45, 7) is 16.3. The monoisotopic (exact) mass is 886 g/mol. The SMILES string of the molecule is Cc1c2c(cc3cc4ccccc4cc13)B1c3c(cc4c(oc5ccccc54)c3-c3cc(C(C)(C)C)cc4c5cc(C(C)(C)C)ccc5n1c34)N2c1cc(-c2ccccc2)cc(-c2ccccc2)c1. The maximum Gasteiger partial charge on any atom is 0.333 e. The lowest BCUT2D eigenvalue weighted by Crippen LogP contribution is -2.57. The molecule has 69 heavy (non-hydrogen) atoms. The van der Waals surface area contributed by atoms with Crippen LogP contribution in [0.1, 0.15) is 58.2 Å². The molecule has 0 atom stereocenters. The first-order valence-corrected chi connectivity index (χ1v) is 24.5. The number of fused-ring (bicyclic) bond motifs is 13. The lowest BCUT2D eigenvalue weighted by atomic mass is 9.44. The molecule has 14 rings (SSSR count). The fourth-order valence-electron chi connectivity index (χ4n) is 12.1. The number of aromatic nitrogens is 1. The summed E-state index contributed by atoms with van der Waals surface area (Å²) in [6, 6.07) is 68.5. The highest BCUT2D eigenvalue weighted by Gasteiger charge is 2.46. The number of benzene rings is 10. The summed E-state index contributed by atoms with van der Waals surface area (Å²) in [4.78, 5) is 2.63. The number of aryl methyl sites for hydroxylation is 1. The van der Waals surface area contributed by atoms with Gasteiger partial charge in [0.1, 0.15) is 11.2 Å². The van der Waals surface area contributed by atoms with Crippen molar-refractivity contribution in [3.63, 3.8) is 0 Å². The normalized spacial score (nSPS) is 13.4. The number of furan rings is 1. The van der Waals surface area contributed by atoms with E-state index in [1.54, 1.807) is 0 Å². The zero-order valence-electron chi connectivity index (χ0n) is 40.2. The van der Waals surface area contributed by atoms with Gasteiger partial charge >= 0.3 is 6.85 Å². The topological polar surface area (TPSA) is 21.3 Å². The third kappa shape index (κ3) is 5.82. The lowest BCUT2D eigenvalue weighted by Gasteiger charge is -2.42. The molecule has 0 N–H and O–H groups in total. The van der Waals surface area contributed by atoms with E-state index in [-0.39, 0.29) is 17.7 Å². The van der Waals surface area contributed by atoms with E-state index in [0.29, 0.717) is 0 Å². The third-order valence-corrected chi connectivity index (χ3v) is 15.5. The number of rotatable bonds is 3. The van der Waals surface area contributed by atoms with Crippen LogP contribution in [0.4, 0.5) is 17.1 Å². The Balaban J connectivity index is 1.21. The standard InChI is InChI=1S/C65H51BN2O/c1-38-50-32-42-23-15-14-22-41(42)28-45(50)33-55-61(38)67(48-30-43(39-18-10-8-11-19-39)29-44(31-48)40-20-12-9-13-21-40)57-37-53-49-24-16-17-25-58(49)69-63(53)59-54-36-47(65(5,6)7)35-52-51-34-46(64(2,3)4)26-27-56(51)68(62(52)54)66(55)60(57)59/h8-37H,1-7H3. The summed E-state index contributed by atoms with van der Waals surface area (Å²) in [6.07, 6.45) is 0. The van der Waals surface area contributed by atoms with Gasteiger partial charge in [-0.25, -0.2) is 0 Å². The van der Waals surface area contributed by atoms with E-state index in [0.717, 1.165) is 27.6 Å². The van der Waals surface area contributed by atoms with Gasteiger partial charge in [-0.1, -0.05) is 157 Å². The Morgan fingerprint density at radius 3 is 1.81 bits per heavy atom. The van der Waals surface area contributed by atoms with Crippen LogP contribution in [-0.4, -0.2) is 11.3 Å². The van der Waals surface area contributed by atoms with E-state index < -0.39 is 0 Å². The van der Waals surface area contributed by atoms with Crippen LogP contribution in [0.5, 0.6) is 0 Å². The van der Waals surface area contributed by atoms with Crippen LogP contribution in [0, 0.1) is 6.92 Å². The molecule has 2 aliphatic heterocycles. The second kappa shape index (κ2) is 14.1. The number of hydrogen-bond acceptors (Lipinski definition) is 2. The first kappa shape index (κ1) is 40.3. The van der Waals surface area contributed by atoms with Crippen LogP contribution in [0.15, 0.2) is 186 Å². The first-order valence-electron chi connectivity index (χ1n) is 24.5. The van der Waals surface area contributed by atoms with Gasteiger partial charge in [0.05, 0.1) is 0 Å². The van der Waals surface area contributed by atoms with Crippen molar-refractivity contribution in [2.24, 2.45) is 0 Å². The molecule has 0 radical (unpaired) electrons. The number of nitrogens with zero attached hydrogens (tertiary/aromatic N) is 2. The molecule has 4 heteroatoms. The Labute approximate surface area is 403 Å². The van der Waals surface area contributed by atoms with Gasteiger partial charge < -0.3 is 13.8 Å². The highest BCUT2D eigenvalue weighted by Crippen LogP contribution is 2.52. The van der Waals surface area contributed by atoms with Crippen LogP contribution < -0.4 is 15.8 Å². The van der Waals surface area contributed by atoms with Crippen molar-refractivity contribution in [3.8, 4) is 33.4 Å². The molecule has 12 aromatic rings. The fourth-order valence-corrected chi connectivity index (χ4v) is 12.1. The molecule has 0 amide bonds. The molecule has 4 heterocycles. The van der Waals surface area contributed by atoms with Crippen LogP contribution in [0.25, 0.3) is 98.7 Å². The predicted octanol–water partition coefficient (Wildman–Crippen LogP) is 16.7. The van der Waals surface area contributed by atoms with Crippen molar-refractivity contribution in [2.75, 3.05) is 4.90 Å². The second-order valence-electron chi connectivity index (χ2n) is 21.8. The molecular formula is C65H51BN2O. The van der Waals surface area contributed by atoms with Crippen LogP contribution in [0.3, 0.4) is 0 Å². The Morgan fingerprint density at radius 2 is 1.12 bits per heavy atom. The Morgan fingerprint density at radius 1 is 0.478 bits per heavy atom. The van der Waals surface area contributed by atoms with E-state index in [9.17, 15) is 0 Å². The van der Waals surface area contributed by atoms with E-state index in [4.69, 9.17) is 4.42 Å². The Kier molecular flexibility index (Phi) is 8.24. The molecule has 0 aliphatic carbocycles. The van der Waals surface area contributed by atoms with Crippen molar-refractivity contribution >= 4 is 100 Å². The molecule has 0 saturated carbocycles. The lowest BCUT2D eigenvalue weighted by molar-refractivity contribution is 0.590. The molecule has 2 aliphatic rings. The first-order chi connectivity index (χ1) is 33.4. The van der Waals surface area contributed by atoms with Crippen LogP contribution in [-0.2, 0) is 10.8 Å². The zero-order chi connectivity index (χ0) is 46.7. The number of para-hydroxylation sites is 1. The van der Waals surface area contributed by atoms with Gasteiger partial charge in [0.25, 0.3) is 0 Å². The fraction of sp³-hybridized carbons (Fsp3) is 0.138. The van der Waals surface area contributed by atoms with E-state index in [2.05, 4.69) is 240 Å². The minimum Gasteiger partial charge on any atom is -0.455 e. The van der Waals surface area contributed by atoms with Gasteiger partial charge in [-0.05, 0) is 156 Å². The van der Waals surface area contributed by atoms with E-state index in [1.165, 1.54) is 116 Å². The molecule has 0 bridgehead atoms. The van der Waals surface area contributed by atoms with Gasteiger partial charge in [-0.15, -0.1) is 0 Å². The van der Waals surface area contributed by atoms with Gasteiger partial charge in [0, 0.05) is 60.8 Å². The molecule has 0 fully saturated rings.